The van der Waals surface area contributed by atoms with Gasteiger partial charge in [0.1, 0.15) is 5.54 Å². The number of hydrogen-bond donors (Lipinski definition) is 3. The highest BCUT2D eigenvalue weighted by Gasteiger charge is 2.46. The van der Waals surface area contributed by atoms with E-state index in [-0.39, 0.29) is 18.0 Å². The van der Waals surface area contributed by atoms with Crippen molar-refractivity contribution in [1.82, 2.24) is 25.4 Å². The van der Waals surface area contributed by atoms with Crippen molar-refractivity contribution in [3.05, 3.63) is 36.0 Å². The molecule has 2 aromatic rings. The summed E-state index contributed by atoms with van der Waals surface area (Å²) in [4.78, 5) is 32.6. The van der Waals surface area contributed by atoms with E-state index in [1.54, 1.807) is 0 Å². The van der Waals surface area contributed by atoms with Crippen LogP contribution in [0, 0.1) is 0 Å². The molecule has 28 heavy (non-hydrogen) atoms. The average molecular weight is 383 g/mol. The van der Waals surface area contributed by atoms with Gasteiger partial charge in [-0.05, 0) is 62.4 Å². The number of benzene rings is 1. The highest BCUT2D eigenvalue weighted by molar-refractivity contribution is 5.87. The summed E-state index contributed by atoms with van der Waals surface area (Å²) in [5.74, 6) is 0.112. The molecule has 0 unspecified atom stereocenters. The minimum atomic E-state index is -0.474. The Morgan fingerprint density at radius 3 is 2.79 bits per heavy atom. The molecule has 7 heteroatoms. The Labute approximate surface area is 165 Å². The molecule has 4 rings (SSSR count). The maximum absolute atomic E-state index is 12.8. The lowest BCUT2D eigenvalue weighted by Crippen LogP contribution is -2.62. The second kappa shape index (κ2) is 7.47. The summed E-state index contributed by atoms with van der Waals surface area (Å²) in [7, 11) is 2.03. The summed E-state index contributed by atoms with van der Waals surface area (Å²) in [6.07, 6.45) is 4.23. The van der Waals surface area contributed by atoms with Crippen LogP contribution in [0.4, 0.5) is 4.79 Å². The molecule has 3 heterocycles. The van der Waals surface area contributed by atoms with Gasteiger partial charge in [-0.25, -0.2) is 4.79 Å². The summed E-state index contributed by atoms with van der Waals surface area (Å²) >= 11 is 0. The van der Waals surface area contributed by atoms with Gasteiger partial charge in [0, 0.05) is 37.9 Å². The fourth-order valence-electron chi connectivity index (χ4n) is 4.46. The smallest absolute Gasteiger partial charge is 0.317 e. The molecule has 0 bridgehead atoms. The second-order valence-corrected chi connectivity index (χ2v) is 8.05. The van der Waals surface area contributed by atoms with Crippen molar-refractivity contribution < 1.29 is 9.59 Å². The Morgan fingerprint density at radius 1 is 1.21 bits per heavy atom. The van der Waals surface area contributed by atoms with Crippen LogP contribution in [-0.4, -0.2) is 65.5 Å². The van der Waals surface area contributed by atoms with Crippen molar-refractivity contribution in [2.24, 2.45) is 0 Å². The fourth-order valence-corrected chi connectivity index (χ4v) is 4.46. The zero-order valence-corrected chi connectivity index (χ0v) is 16.6. The van der Waals surface area contributed by atoms with E-state index in [0.29, 0.717) is 25.9 Å². The van der Waals surface area contributed by atoms with Crippen molar-refractivity contribution in [3.8, 4) is 0 Å². The van der Waals surface area contributed by atoms with Crippen LogP contribution in [0.25, 0.3) is 10.9 Å². The molecule has 150 valence electrons. The molecular weight excluding hydrogens is 354 g/mol. The van der Waals surface area contributed by atoms with Crippen LogP contribution >= 0.6 is 0 Å². The van der Waals surface area contributed by atoms with Gasteiger partial charge in [-0.15, -0.1) is 0 Å². The van der Waals surface area contributed by atoms with E-state index < -0.39 is 5.54 Å². The van der Waals surface area contributed by atoms with Gasteiger partial charge in [0.05, 0.1) is 6.04 Å². The number of piperidine rings is 1. The zero-order valence-electron chi connectivity index (χ0n) is 16.6. The van der Waals surface area contributed by atoms with E-state index in [0.717, 1.165) is 36.0 Å². The number of carbonyl (C=O) groups excluding carboxylic acids is 2. The highest BCUT2D eigenvalue weighted by atomic mass is 16.2. The molecule has 1 aromatic heterocycles. The minimum absolute atomic E-state index is 0.0619. The first-order chi connectivity index (χ1) is 13.5. The molecule has 0 saturated carbocycles. The lowest BCUT2D eigenvalue weighted by molar-refractivity contribution is -0.134. The monoisotopic (exact) mass is 383 g/mol. The van der Waals surface area contributed by atoms with Gasteiger partial charge in [0.2, 0.25) is 5.91 Å². The third kappa shape index (κ3) is 3.35. The van der Waals surface area contributed by atoms with Crippen LogP contribution in [0.3, 0.4) is 0 Å². The minimum Gasteiger partial charge on any atom is -0.361 e. The Morgan fingerprint density at radius 2 is 2.00 bits per heavy atom. The third-order valence-corrected chi connectivity index (χ3v) is 6.40. The van der Waals surface area contributed by atoms with Crippen molar-refractivity contribution in [2.75, 3.05) is 33.2 Å². The maximum Gasteiger partial charge on any atom is 0.317 e. The standard InChI is InChI=1S/C21H29N5O2/c1-15(16-4-5-18-17(14-16)6-10-22-18)24-20(28)26-12-7-21(8-13-26)19(27)23-9-3-11-25(21)2/h4-6,10,14-15,22H,3,7-9,11-13H2,1-2H3,(H,23,27)(H,24,28)/t15-/m1/s1. The second-order valence-electron chi connectivity index (χ2n) is 8.05. The third-order valence-electron chi connectivity index (χ3n) is 6.40. The number of H-pyrrole nitrogens is 1. The number of nitrogens with one attached hydrogen (secondary N) is 3. The Bertz CT molecular complexity index is 869. The number of likely N-dealkylation sites (tertiary alicyclic amines) is 1. The van der Waals surface area contributed by atoms with Gasteiger partial charge in [-0.2, -0.15) is 0 Å². The first kappa shape index (κ1) is 18.8. The summed E-state index contributed by atoms with van der Waals surface area (Å²) in [5, 5.41) is 7.29. The molecular formula is C21H29N5O2. The number of hydrogen-bond acceptors (Lipinski definition) is 3. The number of aromatic amines is 1. The van der Waals surface area contributed by atoms with Crippen LogP contribution in [0.5, 0.6) is 0 Å². The van der Waals surface area contributed by atoms with Gasteiger partial charge in [0.25, 0.3) is 0 Å². The number of amides is 3. The highest BCUT2D eigenvalue weighted by Crippen LogP contribution is 2.30. The molecule has 0 aliphatic carbocycles. The molecule has 0 radical (unpaired) electrons. The lowest BCUT2D eigenvalue weighted by Gasteiger charge is -2.45. The molecule has 7 nitrogen and oxygen atoms in total. The topological polar surface area (TPSA) is 80.5 Å². The van der Waals surface area contributed by atoms with Crippen LogP contribution in [-0.2, 0) is 4.79 Å². The quantitative estimate of drug-likeness (QED) is 0.744. The lowest BCUT2D eigenvalue weighted by atomic mass is 9.85. The van der Waals surface area contributed by atoms with Gasteiger partial charge in [-0.3, -0.25) is 9.69 Å². The number of nitrogens with zero attached hydrogens (tertiary/aromatic N) is 2. The zero-order chi connectivity index (χ0) is 19.7. The molecule has 2 fully saturated rings. The first-order valence-electron chi connectivity index (χ1n) is 10.1. The molecule has 3 amide bonds. The Balaban J connectivity index is 1.39. The van der Waals surface area contributed by atoms with E-state index in [9.17, 15) is 9.59 Å². The SMILES string of the molecule is C[C@@H](NC(=O)N1CCC2(CC1)C(=O)NCCCN2C)c1ccc2[nH]ccc2c1. The molecule has 1 spiro atoms. The Kier molecular flexibility index (Phi) is 5.02. The fraction of sp³-hybridized carbons (Fsp3) is 0.524. The van der Waals surface area contributed by atoms with E-state index in [1.807, 2.05) is 43.3 Å². The number of urea groups is 1. The summed E-state index contributed by atoms with van der Waals surface area (Å²) in [6, 6.07) is 8.08. The van der Waals surface area contributed by atoms with Gasteiger partial charge >= 0.3 is 6.03 Å². The van der Waals surface area contributed by atoms with E-state index >= 15 is 0 Å². The van der Waals surface area contributed by atoms with E-state index in [1.165, 1.54) is 0 Å². The van der Waals surface area contributed by atoms with Crippen LogP contribution in [0.15, 0.2) is 30.5 Å². The average Bonchev–Trinajstić information content (AvgIpc) is 3.13. The molecule has 1 aromatic carbocycles. The van der Waals surface area contributed by atoms with Crippen LogP contribution in [0.1, 0.15) is 37.8 Å². The van der Waals surface area contributed by atoms with Crippen molar-refractivity contribution in [1.29, 1.82) is 0 Å². The molecule has 2 aliphatic heterocycles. The normalized spacial score (nSPS) is 21.4. The Hall–Kier alpha value is -2.54. The van der Waals surface area contributed by atoms with Crippen LogP contribution < -0.4 is 10.6 Å². The van der Waals surface area contributed by atoms with Crippen molar-refractivity contribution in [2.45, 2.75) is 37.8 Å². The summed E-state index contributed by atoms with van der Waals surface area (Å²) < 4.78 is 0. The van der Waals surface area contributed by atoms with E-state index in [2.05, 4.69) is 26.6 Å². The van der Waals surface area contributed by atoms with Crippen LogP contribution in [0.2, 0.25) is 0 Å². The number of likely N-dealkylation sites (N-methyl/N-ethyl adjacent to an activating group) is 1. The summed E-state index contributed by atoms with van der Waals surface area (Å²) in [5.41, 5.74) is 1.70. The largest absolute Gasteiger partial charge is 0.361 e. The van der Waals surface area contributed by atoms with Crippen molar-refractivity contribution in [3.63, 3.8) is 0 Å². The number of aromatic nitrogens is 1. The number of carbonyl (C=O) groups is 2. The summed E-state index contributed by atoms with van der Waals surface area (Å²) in [6.45, 7) is 4.83. The van der Waals surface area contributed by atoms with Gasteiger partial charge in [-0.1, -0.05) is 6.07 Å². The van der Waals surface area contributed by atoms with Gasteiger partial charge in [0.15, 0.2) is 0 Å². The predicted octanol–water partition coefficient (Wildman–Crippen LogP) is 2.22. The van der Waals surface area contributed by atoms with Crippen molar-refractivity contribution >= 4 is 22.8 Å². The first-order valence-corrected chi connectivity index (χ1v) is 10.1. The molecule has 2 aliphatic rings. The molecule has 2 saturated heterocycles. The number of fused-ring (bicyclic) bond motifs is 1. The molecule has 1 atom stereocenters. The van der Waals surface area contributed by atoms with E-state index in [4.69, 9.17) is 0 Å². The number of rotatable bonds is 2. The molecule has 3 N–H and O–H groups in total. The van der Waals surface area contributed by atoms with Gasteiger partial charge < -0.3 is 20.5 Å². The maximum atomic E-state index is 12.8. The predicted molar refractivity (Wildman–Crippen MR) is 109 cm³/mol.